The van der Waals surface area contributed by atoms with Crippen molar-refractivity contribution in [3.8, 4) is 0 Å². The number of hydrogen-bond acceptors (Lipinski definition) is 4. The SMILES string of the molecule is Cc1cc(Cn2cc(CBr)nn2)no1. The van der Waals surface area contributed by atoms with Crippen molar-refractivity contribution < 1.29 is 4.52 Å². The molecule has 0 amide bonds. The normalized spacial score (nSPS) is 10.7. The summed E-state index contributed by atoms with van der Waals surface area (Å²) in [6.07, 6.45) is 1.87. The number of aromatic nitrogens is 4. The molecule has 74 valence electrons. The summed E-state index contributed by atoms with van der Waals surface area (Å²) in [7, 11) is 0. The van der Waals surface area contributed by atoms with E-state index in [1.807, 2.05) is 19.2 Å². The van der Waals surface area contributed by atoms with Gasteiger partial charge in [-0.3, -0.25) is 0 Å². The van der Waals surface area contributed by atoms with Crippen molar-refractivity contribution in [3.63, 3.8) is 0 Å². The van der Waals surface area contributed by atoms with Crippen LogP contribution in [-0.4, -0.2) is 20.2 Å². The third-order valence-electron chi connectivity index (χ3n) is 1.72. The van der Waals surface area contributed by atoms with Gasteiger partial charge in [0.25, 0.3) is 0 Å². The van der Waals surface area contributed by atoms with E-state index in [0.29, 0.717) is 11.9 Å². The molecule has 0 unspecified atom stereocenters. The lowest BCUT2D eigenvalue weighted by atomic mass is 10.4. The lowest BCUT2D eigenvalue weighted by Crippen LogP contribution is -2.00. The van der Waals surface area contributed by atoms with Gasteiger partial charge in [-0.05, 0) is 6.92 Å². The Morgan fingerprint density at radius 3 is 2.93 bits per heavy atom. The van der Waals surface area contributed by atoms with Crippen LogP contribution in [0.15, 0.2) is 16.8 Å². The number of alkyl halides is 1. The maximum atomic E-state index is 4.95. The minimum Gasteiger partial charge on any atom is -0.361 e. The van der Waals surface area contributed by atoms with Crippen molar-refractivity contribution in [2.24, 2.45) is 0 Å². The van der Waals surface area contributed by atoms with E-state index in [1.165, 1.54) is 0 Å². The molecule has 14 heavy (non-hydrogen) atoms. The smallest absolute Gasteiger partial charge is 0.133 e. The molecule has 0 fully saturated rings. The third-order valence-corrected chi connectivity index (χ3v) is 2.30. The molecule has 0 aromatic carbocycles. The van der Waals surface area contributed by atoms with Crippen LogP contribution in [0.2, 0.25) is 0 Å². The van der Waals surface area contributed by atoms with Crippen molar-refractivity contribution in [2.75, 3.05) is 0 Å². The Labute approximate surface area is 89.2 Å². The molecule has 0 saturated carbocycles. The van der Waals surface area contributed by atoms with Gasteiger partial charge in [-0.2, -0.15) is 0 Å². The van der Waals surface area contributed by atoms with Crippen LogP contribution in [0.25, 0.3) is 0 Å². The van der Waals surface area contributed by atoms with E-state index >= 15 is 0 Å². The first kappa shape index (κ1) is 9.39. The molecule has 0 radical (unpaired) electrons. The van der Waals surface area contributed by atoms with Gasteiger partial charge >= 0.3 is 0 Å². The maximum Gasteiger partial charge on any atom is 0.133 e. The Morgan fingerprint density at radius 1 is 1.50 bits per heavy atom. The van der Waals surface area contributed by atoms with Crippen LogP contribution in [0.4, 0.5) is 0 Å². The molecule has 2 heterocycles. The molecule has 0 atom stereocenters. The molecule has 2 rings (SSSR count). The zero-order valence-electron chi connectivity index (χ0n) is 7.64. The fourth-order valence-electron chi connectivity index (χ4n) is 1.14. The van der Waals surface area contributed by atoms with Gasteiger partial charge in [-0.15, -0.1) is 5.10 Å². The highest BCUT2D eigenvalue weighted by molar-refractivity contribution is 9.08. The molecular formula is C8H9BrN4O. The molecule has 0 bridgehead atoms. The van der Waals surface area contributed by atoms with E-state index in [4.69, 9.17) is 4.52 Å². The minimum atomic E-state index is 0.595. The van der Waals surface area contributed by atoms with Crippen LogP contribution in [0.1, 0.15) is 17.1 Å². The Balaban J connectivity index is 2.10. The monoisotopic (exact) mass is 256 g/mol. The number of rotatable bonds is 3. The minimum absolute atomic E-state index is 0.595. The largest absolute Gasteiger partial charge is 0.361 e. The van der Waals surface area contributed by atoms with Crippen LogP contribution >= 0.6 is 15.9 Å². The average Bonchev–Trinajstić information content (AvgIpc) is 2.76. The molecule has 0 aliphatic heterocycles. The van der Waals surface area contributed by atoms with Gasteiger partial charge in [0.1, 0.15) is 11.5 Å². The second kappa shape index (κ2) is 3.91. The van der Waals surface area contributed by atoms with Gasteiger partial charge in [0.15, 0.2) is 0 Å². The van der Waals surface area contributed by atoms with Gasteiger partial charge in [-0.25, -0.2) is 4.68 Å². The highest BCUT2D eigenvalue weighted by Gasteiger charge is 2.03. The predicted molar refractivity (Wildman–Crippen MR) is 53.0 cm³/mol. The van der Waals surface area contributed by atoms with Crippen molar-refractivity contribution >= 4 is 15.9 Å². The van der Waals surface area contributed by atoms with Crippen LogP contribution in [0, 0.1) is 6.92 Å². The average molecular weight is 257 g/mol. The summed E-state index contributed by atoms with van der Waals surface area (Å²) in [5, 5.41) is 12.5. The van der Waals surface area contributed by atoms with Gasteiger partial charge < -0.3 is 4.52 Å². The molecule has 0 aliphatic rings. The molecule has 0 saturated heterocycles. The Morgan fingerprint density at radius 2 is 2.36 bits per heavy atom. The van der Waals surface area contributed by atoms with Crippen molar-refractivity contribution in [1.82, 2.24) is 20.2 Å². The number of nitrogens with zero attached hydrogens (tertiary/aromatic N) is 4. The Bertz CT molecular complexity index is 422. The van der Waals surface area contributed by atoms with E-state index in [2.05, 4.69) is 31.4 Å². The second-order valence-corrected chi connectivity index (χ2v) is 3.53. The van der Waals surface area contributed by atoms with Crippen LogP contribution in [0.3, 0.4) is 0 Å². The summed E-state index contributed by atoms with van der Waals surface area (Å²) < 4.78 is 6.68. The lowest BCUT2D eigenvalue weighted by Gasteiger charge is -1.92. The van der Waals surface area contributed by atoms with E-state index in [0.717, 1.165) is 17.1 Å². The van der Waals surface area contributed by atoms with Gasteiger partial charge in [0, 0.05) is 17.6 Å². The Hall–Kier alpha value is -1.17. The van der Waals surface area contributed by atoms with E-state index in [-0.39, 0.29) is 0 Å². The third kappa shape index (κ3) is 2.01. The summed E-state index contributed by atoms with van der Waals surface area (Å²) in [5.74, 6) is 0.806. The lowest BCUT2D eigenvalue weighted by molar-refractivity contribution is 0.387. The number of halogens is 1. The van der Waals surface area contributed by atoms with Gasteiger partial charge in [-0.1, -0.05) is 26.3 Å². The molecule has 2 aromatic heterocycles. The zero-order chi connectivity index (χ0) is 9.97. The summed E-state index contributed by atoms with van der Waals surface area (Å²) in [4.78, 5) is 0. The fourth-order valence-corrected chi connectivity index (χ4v) is 1.39. The van der Waals surface area contributed by atoms with Gasteiger partial charge in [0.05, 0.1) is 12.2 Å². The standard InChI is InChI=1S/C8H9BrN4O/c1-6-2-7(11-14-6)4-13-5-8(3-9)10-12-13/h2,5H,3-4H2,1H3. The predicted octanol–water partition coefficient (Wildman–Crippen LogP) is 1.52. The highest BCUT2D eigenvalue weighted by atomic mass is 79.9. The molecule has 6 heteroatoms. The zero-order valence-corrected chi connectivity index (χ0v) is 9.23. The summed E-state index contributed by atoms with van der Waals surface area (Å²) in [5.41, 5.74) is 1.76. The van der Waals surface area contributed by atoms with Crippen LogP contribution in [-0.2, 0) is 11.9 Å². The molecule has 5 nitrogen and oxygen atoms in total. The summed E-state index contributed by atoms with van der Waals surface area (Å²) in [6, 6.07) is 1.88. The van der Waals surface area contributed by atoms with E-state index in [9.17, 15) is 0 Å². The molecule has 0 N–H and O–H groups in total. The summed E-state index contributed by atoms with van der Waals surface area (Å²) in [6.45, 7) is 2.46. The number of hydrogen-bond donors (Lipinski definition) is 0. The molecule has 2 aromatic rings. The van der Waals surface area contributed by atoms with Gasteiger partial charge in [0.2, 0.25) is 0 Å². The molecule has 0 spiro atoms. The van der Waals surface area contributed by atoms with Crippen LogP contribution < -0.4 is 0 Å². The number of aryl methyl sites for hydroxylation is 1. The summed E-state index contributed by atoms with van der Waals surface area (Å²) >= 11 is 3.31. The van der Waals surface area contributed by atoms with Crippen molar-refractivity contribution in [2.45, 2.75) is 18.8 Å². The van der Waals surface area contributed by atoms with E-state index in [1.54, 1.807) is 4.68 Å². The van der Waals surface area contributed by atoms with Crippen LogP contribution in [0.5, 0.6) is 0 Å². The fraction of sp³-hybridized carbons (Fsp3) is 0.375. The molecular weight excluding hydrogens is 248 g/mol. The highest BCUT2D eigenvalue weighted by Crippen LogP contribution is 2.05. The van der Waals surface area contributed by atoms with Crippen molar-refractivity contribution in [3.05, 3.63) is 29.4 Å². The first-order valence-corrected chi connectivity index (χ1v) is 5.27. The first-order valence-electron chi connectivity index (χ1n) is 4.15. The van der Waals surface area contributed by atoms with Crippen molar-refractivity contribution in [1.29, 1.82) is 0 Å². The quantitative estimate of drug-likeness (QED) is 0.782. The Kier molecular flexibility index (Phi) is 2.62. The topological polar surface area (TPSA) is 56.7 Å². The maximum absolute atomic E-state index is 4.95. The second-order valence-electron chi connectivity index (χ2n) is 2.97. The molecule has 0 aliphatic carbocycles. The van der Waals surface area contributed by atoms with E-state index < -0.39 is 0 Å². The first-order chi connectivity index (χ1) is 6.78.